The molecule has 0 bridgehead atoms. The summed E-state index contributed by atoms with van der Waals surface area (Å²) in [7, 11) is 0. The van der Waals surface area contributed by atoms with Gasteiger partial charge in [-0.1, -0.05) is 0 Å². The van der Waals surface area contributed by atoms with Gasteiger partial charge in [-0.3, -0.25) is 0 Å². The minimum Gasteiger partial charge on any atom is -0.168 e. The fraction of sp³-hybridized carbons (Fsp3) is 1.00. The predicted molar refractivity (Wildman–Crippen MR) is 188 cm³/mol. The summed E-state index contributed by atoms with van der Waals surface area (Å²) in [5, 5.41) is 7.46. The van der Waals surface area contributed by atoms with Crippen molar-refractivity contribution in [2.75, 3.05) is 30.5 Å². The third kappa shape index (κ3) is 7.68. The maximum atomic E-state index is 4.52. The largest absolute Gasteiger partial charge is 0.168 e. The molecule has 0 radical (unpaired) electrons. The van der Waals surface area contributed by atoms with E-state index in [1.165, 1.54) is 19.3 Å². The molecule has 3 aliphatic rings. The van der Waals surface area contributed by atoms with Crippen molar-refractivity contribution in [3.05, 3.63) is 0 Å². The molecule has 3 saturated heterocycles. The first-order valence-electron chi connectivity index (χ1n) is 9.46. The molecule has 3 aliphatic heterocycles. The molecule has 15 heteroatoms. The molecular formula is C16H28S15. The van der Waals surface area contributed by atoms with Crippen molar-refractivity contribution >= 4 is 182 Å². The van der Waals surface area contributed by atoms with Crippen LogP contribution in [0.1, 0.15) is 19.3 Å². The van der Waals surface area contributed by atoms with Crippen LogP contribution < -0.4 is 0 Å². The maximum absolute atomic E-state index is 4.52. The molecule has 3 fully saturated rings. The predicted octanol–water partition coefficient (Wildman–Crippen LogP) is 8.80. The Bertz CT molecular complexity index is 443. The van der Waals surface area contributed by atoms with E-state index in [1.807, 2.05) is 70.6 Å². The number of hydrogen-bond donors (Lipinski definition) is 6. The summed E-state index contributed by atoms with van der Waals surface area (Å²) < 4.78 is 0.758. The molecule has 0 amide bonds. The van der Waals surface area contributed by atoms with E-state index >= 15 is 0 Å². The fourth-order valence-electron chi connectivity index (χ4n) is 4.04. The van der Waals surface area contributed by atoms with Gasteiger partial charge in [-0.25, -0.2) is 0 Å². The summed E-state index contributed by atoms with van der Waals surface area (Å²) >= 11 is 45.6. The quantitative estimate of drug-likeness (QED) is 0.0727. The topological polar surface area (TPSA) is 0 Å². The van der Waals surface area contributed by atoms with Crippen molar-refractivity contribution in [1.29, 1.82) is 0 Å². The van der Waals surface area contributed by atoms with E-state index in [-0.39, 0.29) is 10.2 Å². The maximum Gasteiger partial charge on any atom is 0.109 e. The highest BCUT2D eigenvalue weighted by molar-refractivity contribution is 8.39. The number of hydrogen-bond acceptors (Lipinski definition) is 15. The molecule has 3 unspecified atom stereocenters. The first kappa shape index (κ1) is 30.8. The van der Waals surface area contributed by atoms with E-state index in [0.29, 0.717) is 0 Å². The molecule has 0 aromatic carbocycles. The molecule has 0 aliphatic carbocycles. The van der Waals surface area contributed by atoms with Crippen molar-refractivity contribution < 1.29 is 0 Å². The summed E-state index contributed by atoms with van der Waals surface area (Å²) in [6.45, 7) is 0. The second-order valence-corrected chi connectivity index (χ2v) is 25.9. The summed E-state index contributed by atoms with van der Waals surface area (Å²) in [6, 6.07) is 0. The second-order valence-electron chi connectivity index (χ2n) is 6.85. The van der Waals surface area contributed by atoms with Gasteiger partial charge >= 0.3 is 0 Å². The third-order valence-corrected chi connectivity index (χ3v) is 22.0. The van der Waals surface area contributed by atoms with E-state index in [4.69, 9.17) is 0 Å². The van der Waals surface area contributed by atoms with Crippen LogP contribution in [0.15, 0.2) is 0 Å². The summed E-state index contributed by atoms with van der Waals surface area (Å²) in [6.07, 6.45) is 3.81. The Hall–Kier alpha value is 5.25. The summed E-state index contributed by atoms with van der Waals surface area (Å²) in [5.74, 6) is 0.748. The zero-order chi connectivity index (χ0) is 22.5. The van der Waals surface area contributed by atoms with E-state index in [0.717, 1.165) is 52.2 Å². The van der Waals surface area contributed by atoms with E-state index in [2.05, 4.69) is 111 Å². The normalized spacial score (nSPS) is 31.4. The van der Waals surface area contributed by atoms with Gasteiger partial charge < -0.3 is 0 Å². The summed E-state index contributed by atoms with van der Waals surface area (Å²) in [5.41, 5.74) is 0. The van der Waals surface area contributed by atoms with Gasteiger partial charge in [0, 0.05) is 46.3 Å². The molecular weight excluding hydrogens is 673 g/mol. The van der Waals surface area contributed by atoms with Crippen LogP contribution in [0.4, 0.5) is 0 Å². The zero-order valence-corrected chi connectivity index (χ0v) is 29.2. The lowest BCUT2D eigenvalue weighted by Crippen LogP contribution is -2.56. The fourth-order valence-corrected chi connectivity index (χ4v) is 26.0. The van der Waals surface area contributed by atoms with Crippen LogP contribution in [0.5, 0.6) is 0 Å². The first-order valence-corrected chi connectivity index (χ1v) is 21.8. The molecule has 31 heavy (non-hydrogen) atoms. The summed E-state index contributed by atoms with van der Waals surface area (Å²) in [4.78, 5) is 0. The van der Waals surface area contributed by atoms with Gasteiger partial charge in [0.2, 0.25) is 0 Å². The first-order chi connectivity index (χ1) is 14.9. The van der Waals surface area contributed by atoms with Gasteiger partial charge in [0.15, 0.2) is 0 Å². The van der Waals surface area contributed by atoms with Gasteiger partial charge in [0.25, 0.3) is 0 Å². The second kappa shape index (κ2) is 14.6. The zero-order valence-electron chi connectivity index (χ0n) is 16.5. The Morgan fingerprint density at radius 1 is 0.516 bits per heavy atom. The standard InChI is InChI=1S/C16H28S15/c17-4-23-14(24-5-18)1-10(29-14)13(11-2-15(30-11,25-6-19)26-7-20)12-3-16(31-12,27-8-21)28-9-22/h10-13,17-22H,1-9H2. The van der Waals surface area contributed by atoms with Crippen molar-refractivity contribution in [3.63, 3.8) is 0 Å². The molecule has 0 nitrogen and oxygen atoms in total. The molecule has 3 atom stereocenters. The molecule has 0 saturated carbocycles. The Morgan fingerprint density at radius 3 is 0.871 bits per heavy atom. The third-order valence-electron chi connectivity index (χ3n) is 5.34. The van der Waals surface area contributed by atoms with Crippen LogP contribution in [-0.2, 0) is 0 Å². The van der Waals surface area contributed by atoms with Crippen LogP contribution in [0, 0.1) is 5.92 Å². The van der Waals surface area contributed by atoms with Crippen molar-refractivity contribution in [2.45, 2.75) is 45.2 Å². The van der Waals surface area contributed by atoms with E-state index < -0.39 is 0 Å². The lowest BCUT2D eigenvalue weighted by Gasteiger charge is -2.60. The van der Waals surface area contributed by atoms with Crippen molar-refractivity contribution in [2.24, 2.45) is 5.92 Å². The van der Waals surface area contributed by atoms with Gasteiger partial charge in [-0.15, -0.1) is 106 Å². The van der Waals surface area contributed by atoms with Crippen LogP contribution in [-0.4, -0.2) is 56.5 Å². The Morgan fingerprint density at radius 2 is 0.710 bits per heavy atom. The van der Waals surface area contributed by atoms with E-state index in [1.54, 1.807) is 0 Å². The van der Waals surface area contributed by atoms with Crippen molar-refractivity contribution in [3.8, 4) is 0 Å². The molecule has 0 spiro atoms. The van der Waals surface area contributed by atoms with Crippen LogP contribution >= 0.6 is 182 Å². The Kier molecular flexibility index (Phi) is 14.5. The van der Waals surface area contributed by atoms with E-state index in [9.17, 15) is 0 Å². The van der Waals surface area contributed by atoms with Crippen LogP contribution in [0.3, 0.4) is 0 Å². The lowest BCUT2D eigenvalue weighted by molar-refractivity contribution is 0.391. The molecule has 182 valence electrons. The number of thioether (sulfide) groups is 9. The molecule has 3 rings (SSSR count). The van der Waals surface area contributed by atoms with Crippen LogP contribution in [0.25, 0.3) is 0 Å². The SMILES string of the molecule is SCSC1(SCS)CC(C(C2CC(SCS)(SCS)S2)C2CC(SCS)(SCS)S2)S1. The van der Waals surface area contributed by atoms with Gasteiger partial charge in [-0.05, 0) is 25.2 Å². The molecule has 0 aromatic heterocycles. The van der Waals surface area contributed by atoms with Gasteiger partial charge in [0.05, 0.1) is 0 Å². The number of rotatable bonds is 15. The highest BCUT2D eigenvalue weighted by atomic mass is 32.3. The van der Waals surface area contributed by atoms with Gasteiger partial charge in [-0.2, -0.15) is 75.8 Å². The van der Waals surface area contributed by atoms with Gasteiger partial charge in [0.1, 0.15) is 10.2 Å². The Labute approximate surface area is 259 Å². The minimum absolute atomic E-state index is 0.253. The average molecular weight is 701 g/mol. The molecule has 0 aromatic rings. The van der Waals surface area contributed by atoms with Crippen molar-refractivity contribution in [1.82, 2.24) is 0 Å². The minimum atomic E-state index is 0.253. The Balaban J connectivity index is 1.69. The lowest BCUT2D eigenvalue weighted by atomic mass is 9.90. The average Bonchev–Trinajstić information content (AvgIpc) is 2.64. The molecule has 3 heterocycles. The highest BCUT2D eigenvalue weighted by Crippen LogP contribution is 2.73. The monoisotopic (exact) mass is 700 g/mol. The van der Waals surface area contributed by atoms with Crippen LogP contribution in [0.2, 0.25) is 0 Å². The number of thiol groups is 6. The highest BCUT2D eigenvalue weighted by Gasteiger charge is 2.61. The molecule has 0 N–H and O–H groups in total. The smallest absolute Gasteiger partial charge is 0.109 e.